The highest BCUT2D eigenvalue weighted by Gasteiger charge is 2.42. The summed E-state index contributed by atoms with van der Waals surface area (Å²) in [5.41, 5.74) is 2.15. The number of aromatic nitrogens is 1. The number of carbonyl (C=O) groups excluding carboxylic acids is 2. The number of rotatable bonds is 5. The Bertz CT molecular complexity index is 899. The van der Waals surface area contributed by atoms with Crippen LogP contribution < -0.4 is 0 Å². The van der Waals surface area contributed by atoms with Crippen LogP contribution in [0.1, 0.15) is 43.0 Å². The topological polar surface area (TPSA) is 45.6 Å². The molecule has 2 aliphatic carbocycles. The van der Waals surface area contributed by atoms with E-state index in [0.29, 0.717) is 11.6 Å². The maximum atomic E-state index is 13.4. The number of carbonyl (C=O) groups is 2. The van der Waals surface area contributed by atoms with Crippen molar-refractivity contribution in [3.8, 4) is 0 Å². The van der Waals surface area contributed by atoms with Crippen LogP contribution in [0, 0.1) is 5.92 Å². The van der Waals surface area contributed by atoms with Crippen LogP contribution in [0.15, 0.2) is 42.6 Å². The first-order valence-electron chi connectivity index (χ1n) is 10.1. The molecule has 146 valence electrons. The average Bonchev–Trinajstić information content (AvgIpc) is 3.62. The van der Waals surface area contributed by atoms with Gasteiger partial charge in [-0.3, -0.25) is 9.59 Å². The molecule has 1 aromatic carbocycles. The van der Waals surface area contributed by atoms with Crippen LogP contribution in [0.3, 0.4) is 0 Å². The first-order chi connectivity index (χ1) is 13.6. The standard InChI is InChI=1S/C22H24ClN3O2/c23-17-7-5-15(6-8-17)21-19-2-1-11-24(19)12-13-25(21)20(27)14-26(18-9-10-18)22(28)16-3-4-16/h1-2,5-8,11,16,18,21H,3-4,9-10,12-14H2/t21-/m1/s1. The van der Waals surface area contributed by atoms with E-state index in [1.807, 2.05) is 40.1 Å². The molecule has 2 fully saturated rings. The van der Waals surface area contributed by atoms with E-state index in [1.54, 1.807) is 0 Å². The summed E-state index contributed by atoms with van der Waals surface area (Å²) < 4.78 is 2.21. The summed E-state index contributed by atoms with van der Waals surface area (Å²) in [4.78, 5) is 29.8. The zero-order valence-electron chi connectivity index (χ0n) is 15.8. The fourth-order valence-electron chi connectivity index (χ4n) is 4.22. The van der Waals surface area contributed by atoms with Crippen molar-refractivity contribution in [1.82, 2.24) is 14.4 Å². The highest BCUT2D eigenvalue weighted by molar-refractivity contribution is 6.30. The molecule has 2 aromatic rings. The Balaban J connectivity index is 1.42. The summed E-state index contributed by atoms with van der Waals surface area (Å²) in [5, 5.41) is 0.683. The van der Waals surface area contributed by atoms with Crippen molar-refractivity contribution < 1.29 is 9.59 Å². The van der Waals surface area contributed by atoms with E-state index < -0.39 is 0 Å². The highest BCUT2D eigenvalue weighted by atomic mass is 35.5. The van der Waals surface area contributed by atoms with Crippen LogP contribution in [0.2, 0.25) is 5.02 Å². The third kappa shape index (κ3) is 3.32. The molecule has 3 aliphatic rings. The van der Waals surface area contributed by atoms with Crippen molar-refractivity contribution in [2.45, 2.75) is 44.3 Å². The first-order valence-corrected chi connectivity index (χ1v) is 10.5. The maximum Gasteiger partial charge on any atom is 0.243 e. The van der Waals surface area contributed by atoms with Gasteiger partial charge in [-0.15, -0.1) is 0 Å². The monoisotopic (exact) mass is 397 g/mol. The smallest absolute Gasteiger partial charge is 0.243 e. The predicted molar refractivity (Wildman–Crippen MR) is 107 cm³/mol. The molecule has 6 heteroatoms. The molecule has 0 saturated heterocycles. The van der Waals surface area contributed by atoms with Gasteiger partial charge in [0, 0.05) is 42.0 Å². The minimum atomic E-state index is -0.148. The molecule has 2 amide bonds. The van der Waals surface area contributed by atoms with E-state index in [2.05, 4.69) is 16.8 Å². The number of halogens is 1. The van der Waals surface area contributed by atoms with Crippen molar-refractivity contribution in [1.29, 1.82) is 0 Å². The molecule has 0 radical (unpaired) electrons. The fraction of sp³-hybridized carbons (Fsp3) is 0.455. The Kier molecular flexibility index (Phi) is 4.43. The summed E-state index contributed by atoms with van der Waals surface area (Å²) in [7, 11) is 0. The zero-order valence-corrected chi connectivity index (χ0v) is 16.5. The van der Waals surface area contributed by atoms with E-state index in [0.717, 1.165) is 43.5 Å². The Morgan fingerprint density at radius 3 is 2.46 bits per heavy atom. The minimum absolute atomic E-state index is 0.0355. The van der Waals surface area contributed by atoms with E-state index in [1.165, 1.54) is 0 Å². The Morgan fingerprint density at radius 2 is 1.79 bits per heavy atom. The zero-order chi connectivity index (χ0) is 19.3. The SMILES string of the molecule is O=C(C1CC1)N(CC(=O)N1CCn2cccc2[C@H]1c1ccc(Cl)cc1)C1CC1. The molecule has 1 aliphatic heterocycles. The molecule has 5 nitrogen and oxygen atoms in total. The molecule has 5 rings (SSSR count). The molecule has 1 aromatic heterocycles. The Morgan fingerprint density at radius 1 is 1.04 bits per heavy atom. The molecule has 28 heavy (non-hydrogen) atoms. The lowest BCUT2D eigenvalue weighted by atomic mass is 9.99. The highest BCUT2D eigenvalue weighted by Crippen LogP contribution is 2.37. The predicted octanol–water partition coefficient (Wildman–Crippen LogP) is 3.47. The van der Waals surface area contributed by atoms with Crippen molar-refractivity contribution in [3.63, 3.8) is 0 Å². The summed E-state index contributed by atoms with van der Waals surface area (Å²) in [6.45, 7) is 1.62. The normalized spacial score (nSPS) is 21.3. The van der Waals surface area contributed by atoms with Crippen LogP contribution >= 0.6 is 11.6 Å². The summed E-state index contributed by atoms with van der Waals surface area (Å²) >= 11 is 6.08. The molecule has 0 spiro atoms. The third-order valence-electron chi connectivity index (χ3n) is 6.05. The molecular formula is C22H24ClN3O2. The summed E-state index contributed by atoms with van der Waals surface area (Å²) in [5.74, 6) is 0.367. The number of nitrogens with zero attached hydrogens (tertiary/aromatic N) is 3. The van der Waals surface area contributed by atoms with Gasteiger partial charge < -0.3 is 14.4 Å². The molecular weight excluding hydrogens is 374 g/mol. The maximum absolute atomic E-state index is 13.4. The minimum Gasteiger partial charge on any atom is -0.348 e. The lowest BCUT2D eigenvalue weighted by Crippen LogP contribution is -2.48. The average molecular weight is 398 g/mol. The van der Waals surface area contributed by atoms with Gasteiger partial charge in [-0.05, 0) is 55.5 Å². The molecule has 0 bridgehead atoms. The van der Waals surface area contributed by atoms with Crippen molar-refractivity contribution >= 4 is 23.4 Å². The van der Waals surface area contributed by atoms with Crippen molar-refractivity contribution in [2.75, 3.05) is 13.1 Å². The second kappa shape index (κ2) is 6.96. The Hall–Kier alpha value is -2.27. The second-order valence-electron chi connectivity index (χ2n) is 8.14. The molecule has 1 atom stereocenters. The summed E-state index contributed by atoms with van der Waals surface area (Å²) in [6.07, 6.45) is 6.05. The van der Waals surface area contributed by atoms with Crippen LogP contribution in [-0.4, -0.2) is 45.3 Å². The largest absolute Gasteiger partial charge is 0.348 e. The number of amides is 2. The van der Waals surface area contributed by atoms with Crippen LogP contribution in [0.25, 0.3) is 0 Å². The van der Waals surface area contributed by atoms with Gasteiger partial charge in [-0.25, -0.2) is 0 Å². The number of fused-ring (bicyclic) bond motifs is 1. The van der Waals surface area contributed by atoms with Gasteiger partial charge in [0.2, 0.25) is 11.8 Å². The molecule has 0 N–H and O–H groups in total. The lowest BCUT2D eigenvalue weighted by molar-refractivity contribution is -0.143. The van der Waals surface area contributed by atoms with Gasteiger partial charge in [0.05, 0.1) is 6.04 Å². The number of benzene rings is 1. The van der Waals surface area contributed by atoms with Gasteiger partial charge >= 0.3 is 0 Å². The second-order valence-corrected chi connectivity index (χ2v) is 8.58. The van der Waals surface area contributed by atoms with Gasteiger partial charge in [0.1, 0.15) is 6.54 Å². The van der Waals surface area contributed by atoms with E-state index in [4.69, 9.17) is 11.6 Å². The van der Waals surface area contributed by atoms with Gasteiger partial charge in [0.25, 0.3) is 0 Å². The van der Waals surface area contributed by atoms with Gasteiger partial charge in [-0.2, -0.15) is 0 Å². The molecule has 0 unspecified atom stereocenters. The van der Waals surface area contributed by atoms with Gasteiger partial charge in [-0.1, -0.05) is 23.7 Å². The Labute approximate surface area is 169 Å². The van der Waals surface area contributed by atoms with E-state index in [9.17, 15) is 9.59 Å². The number of hydrogen-bond acceptors (Lipinski definition) is 2. The van der Waals surface area contributed by atoms with Gasteiger partial charge in [0.15, 0.2) is 0 Å². The van der Waals surface area contributed by atoms with Crippen molar-refractivity contribution in [3.05, 3.63) is 58.9 Å². The van der Waals surface area contributed by atoms with Crippen LogP contribution in [-0.2, 0) is 16.1 Å². The fourth-order valence-corrected chi connectivity index (χ4v) is 4.35. The first kappa shape index (κ1) is 17.8. The molecule has 2 saturated carbocycles. The van der Waals surface area contributed by atoms with Crippen LogP contribution in [0.4, 0.5) is 0 Å². The quantitative estimate of drug-likeness (QED) is 0.775. The van der Waals surface area contributed by atoms with Crippen molar-refractivity contribution in [2.24, 2.45) is 5.92 Å². The van der Waals surface area contributed by atoms with E-state index >= 15 is 0 Å². The molecule has 2 heterocycles. The van der Waals surface area contributed by atoms with E-state index in [-0.39, 0.29) is 36.4 Å². The summed E-state index contributed by atoms with van der Waals surface area (Å²) in [6, 6.07) is 11.9. The van der Waals surface area contributed by atoms with Crippen LogP contribution in [0.5, 0.6) is 0 Å². The third-order valence-corrected chi connectivity index (χ3v) is 6.30. The lowest BCUT2D eigenvalue weighted by Gasteiger charge is -2.38. The number of hydrogen-bond donors (Lipinski definition) is 0.